The first-order valence-electron chi connectivity index (χ1n) is 19.0. The number of hydrogen-bond acceptors (Lipinski definition) is 2. The van der Waals surface area contributed by atoms with E-state index in [2.05, 4.69) is 168 Å². The third-order valence-corrected chi connectivity index (χ3v) is 11.2. The van der Waals surface area contributed by atoms with Crippen LogP contribution in [0, 0.1) is 56.4 Å². The molecule has 10 aromatic rings. The molecule has 0 unspecified atom stereocenters. The van der Waals surface area contributed by atoms with Crippen LogP contribution in [-0.4, -0.2) is 6.88 Å². The van der Waals surface area contributed by atoms with E-state index in [4.69, 9.17) is 8.83 Å². The van der Waals surface area contributed by atoms with Gasteiger partial charge >= 0.3 is 30.2 Å². The van der Waals surface area contributed by atoms with E-state index in [1.54, 1.807) is 0 Å². The number of halogens is 2. The molecular weight excluding hydrogens is 871 g/mol. The Morgan fingerprint density at radius 2 is 0.800 bits per heavy atom. The average Bonchev–Trinajstić information content (AvgIpc) is 4.04. The summed E-state index contributed by atoms with van der Waals surface area (Å²) in [4.78, 5) is 0. The molecule has 0 aliphatic rings. The Balaban J connectivity index is 0.000000239. The second-order valence-corrected chi connectivity index (χ2v) is 14.8. The SMILES string of the molecule is Cc1ccc(-c2cc3c(-c4ccc5ccccc5c4)c(C)c(C)cc3[cH-]2)o1.Cc1ccc(-c2cc3c(-c4ccc5ccccc5c4)c(C)c(C)cc3[cH-]2)o1.Cl.Cl.[CH3-].[CH3-].[Si]=[Zr]. The summed E-state index contributed by atoms with van der Waals surface area (Å²) in [6.45, 7) is 15.9. The van der Waals surface area contributed by atoms with Crippen molar-refractivity contribution in [2.24, 2.45) is 0 Å². The van der Waals surface area contributed by atoms with E-state index in [-0.39, 0.29) is 39.7 Å². The molecule has 0 atom stereocenters. The predicted molar refractivity (Wildman–Crippen MR) is 262 cm³/mol. The molecule has 0 fully saturated rings. The van der Waals surface area contributed by atoms with Gasteiger partial charge in [-0.25, -0.2) is 0 Å². The van der Waals surface area contributed by atoms with E-state index in [1.165, 1.54) is 111 Å². The molecule has 0 saturated carbocycles. The average molecular weight is 921 g/mol. The summed E-state index contributed by atoms with van der Waals surface area (Å²) in [7, 11) is 0. The fraction of sp³-hybridized carbons (Fsp3) is 0.111. The van der Waals surface area contributed by atoms with E-state index >= 15 is 0 Å². The van der Waals surface area contributed by atoms with Crippen LogP contribution in [-0.2, 0) is 23.3 Å². The Kier molecular flexibility index (Phi) is 16.2. The van der Waals surface area contributed by atoms with Crippen molar-refractivity contribution in [1.29, 1.82) is 0 Å². The predicted octanol–water partition coefficient (Wildman–Crippen LogP) is 16.5. The zero-order chi connectivity index (χ0) is 39.1. The first-order valence-corrected chi connectivity index (χ1v) is 23.2. The van der Waals surface area contributed by atoms with Gasteiger partial charge in [0.05, 0.1) is 23.0 Å². The summed E-state index contributed by atoms with van der Waals surface area (Å²) in [5.41, 5.74) is 12.8. The number of benzene rings is 6. The number of fused-ring (bicyclic) bond motifs is 4. The normalized spacial score (nSPS) is 10.4. The molecule has 2 nitrogen and oxygen atoms in total. The maximum atomic E-state index is 5.86. The van der Waals surface area contributed by atoms with Crippen molar-refractivity contribution in [3.05, 3.63) is 194 Å². The molecule has 0 bridgehead atoms. The summed E-state index contributed by atoms with van der Waals surface area (Å²) in [5.74, 6) is 3.75. The van der Waals surface area contributed by atoms with Gasteiger partial charge in [-0.1, -0.05) is 106 Å². The van der Waals surface area contributed by atoms with E-state index in [0.29, 0.717) is 0 Å². The second kappa shape index (κ2) is 20.2. The number of hydrogen-bond donors (Lipinski definition) is 0. The van der Waals surface area contributed by atoms with Crippen LogP contribution in [0.1, 0.15) is 33.8 Å². The second-order valence-electron chi connectivity index (χ2n) is 14.8. The molecule has 0 spiro atoms. The van der Waals surface area contributed by atoms with Gasteiger partial charge in [-0.15, -0.1) is 82.8 Å². The van der Waals surface area contributed by atoms with Crippen molar-refractivity contribution in [3.63, 3.8) is 0 Å². The molecule has 304 valence electrons. The molecule has 2 radical (unpaired) electrons. The van der Waals surface area contributed by atoms with Gasteiger partial charge in [-0.2, -0.15) is 0 Å². The Hall–Kier alpha value is -4.70. The van der Waals surface area contributed by atoms with Crippen molar-refractivity contribution in [2.45, 2.75) is 41.5 Å². The van der Waals surface area contributed by atoms with Gasteiger partial charge in [0.25, 0.3) is 0 Å². The molecule has 2 aromatic heterocycles. The molecule has 0 amide bonds. The zero-order valence-electron chi connectivity index (χ0n) is 35.5. The van der Waals surface area contributed by atoms with Crippen LogP contribution in [0.15, 0.2) is 154 Å². The van der Waals surface area contributed by atoms with Gasteiger partial charge in [0.2, 0.25) is 0 Å². The number of aryl methyl sites for hydroxylation is 4. The molecule has 8 aromatic carbocycles. The van der Waals surface area contributed by atoms with E-state index < -0.39 is 0 Å². The Morgan fingerprint density at radius 1 is 0.433 bits per heavy atom. The van der Waals surface area contributed by atoms with Gasteiger partial charge in [-0.3, -0.25) is 0 Å². The summed E-state index contributed by atoms with van der Waals surface area (Å²) in [6, 6.07) is 52.4. The molecular formula is C54H50Cl2O2SiZr-4. The van der Waals surface area contributed by atoms with Crippen molar-refractivity contribution in [2.75, 3.05) is 0 Å². The summed E-state index contributed by atoms with van der Waals surface area (Å²) >= 11 is 1.36. The molecule has 0 aliphatic carbocycles. The summed E-state index contributed by atoms with van der Waals surface area (Å²) in [5, 5.41) is 10.2. The van der Waals surface area contributed by atoms with Crippen molar-refractivity contribution >= 4 is 74.8 Å². The van der Waals surface area contributed by atoms with Gasteiger partial charge < -0.3 is 23.7 Å². The van der Waals surface area contributed by atoms with Crippen LogP contribution in [0.3, 0.4) is 0 Å². The topological polar surface area (TPSA) is 26.3 Å². The number of rotatable bonds is 4. The molecule has 6 heteroatoms. The van der Waals surface area contributed by atoms with Gasteiger partial charge in [0.1, 0.15) is 0 Å². The molecule has 2 heterocycles. The molecule has 10 rings (SSSR count). The third kappa shape index (κ3) is 9.29. The monoisotopic (exact) mass is 918 g/mol. The fourth-order valence-corrected chi connectivity index (χ4v) is 8.10. The van der Waals surface area contributed by atoms with Gasteiger partial charge in [0, 0.05) is 0 Å². The van der Waals surface area contributed by atoms with Crippen molar-refractivity contribution in [3.8, 4) is 44.9 Å². The van der Waals surface area contributed by atoms with Crippen LogP contribution < -0.4 is 0 Å². The Morgan fingerprint density at radius 3 is 1.15 bits per heavy atom. The van der Waals surface area contributed by atoms with E-state index in [0.717, 1.165) is 34.2 Å². The maximum absolute atomic E-state index is 5.86. The minimum atomic E-state index is 0. The van der Waals surface area contributed by atoms with Crippen LogP contribution in [0.5, 0.6) is 0 Å². The van der Waals surface area contributed by atoms with Crippen LogP contribution in [0.4, 0.5) is 0 Å². The first-order chi connectivity index (χ1) is 27.2. The fourth-order valence-electron chi connectivity index (χ4n) is 8.10. The molecule has 60 heavy (non-hydrogen) atoms. The standard InChI is InChI=1S/2C26H21O.2CH3.2ClH.Si.Zr/c2*1-16-12-22-14-23(25-11-8-17(2)27-25)15-24(22)26(18(16)3)21-10-9-19-6-4-5-7-20(19)13-21;;;;;;/h2*4-15H,1-3H3;2*1H3;2*1H;;/q4*-1;;;;. The van der Waals surface area contributed by atoms with E-state index in [1.807, 2.05) is 26.0 Å². The quantitative estimate of drug-likeness (QED) is 0.130. The number of furan rings is 2. The first kappa shape index (κ1) is 48.0. The van der Waals surface area contributed by atoms with Crippen LogP contribution >= 0.6 is 24.8 Å². The molecule has 0 aliphatic heterocycles. The van der Waals surface area contributed by atoms with Gasteiger partial charge in [-0.05, 0) is 122 Å². The molecule has 0 saturated heterocycles. The summed E-state index contributed by atoms with van der Waals surface area (Å²) < 4.78 is 11.7. The van der Waals surface area contributed by atoms with Crippen LogP contribution in [0.2, 0.25) is 0 Å². The van der Waals surface area contributed by atoms with E-state index in [9.17, 15) is 0 Å². The summed E-state index contributed by atoms with van der Waals surface area (Å²) in [6.07, 6.45) is 0. The van der Waals surface area contributed by atoms with Crippen molar-refractivity contribution in [1.82, 2.24) is 0 Å². The third-order valence-electron chi connectivity index (χ3n) is 11.2. The Bertz CT molecular complexity index is 2840. The van der Waals surface area contributed by atoms with Crippen molar-refractivity contribution < 1.29 is 32.2 Å². The van der Waals surface area contributed by atoms with Crippen LogP contribution in [0.25, 0.3) is 88.0 Å². The zero-order valence-corrected chi connectivity index (χ0v) is 40.6. The van der Waals surface area contributed by atoms with Gasteiger partial charge in [0.15, 0.2) is 0 Å². The minimum absolute atomic E-state index is 0. The Labute approximate surface area is 384 Å². The molecule has 0 N–H and O–H groups in total.